The zero-order valence-corrected chi connectivity index (χ0v) is 15.3. The molecule has 2 heterocycles. The summed E-state index contributed by atoms with van der Waals surface area (Å²) < 4.78 is 15.0. The molecule has 0 saturated carbocycles. The van der Waals surface area contributed by atoms with Crippen LogP contribution in [0.1, 0.15) is 16.1 Å². The molecule has 0 bridgehead atoms. The molecule has 3 rings (SSSR count). The molecule has 0 atom stereocenters. The number of nitrogens with zero attached hydrogens (tertiary/aromatic N) is 2. The number of benzene rings is 1. The van der Waals surface area contributed by atoms with Gasteiger partial charge in [-0.25, -0.2) is 4.98 Å². The molecule has 1 aromatic carbocycles. The van der Waals surface area contributed by atoms with Crippen LogP contribution in [0, 0.1) is 0 Å². The van der Waals surface area contributed by atoms with Crippen molar-refractivity contribution >= 4 is 34.1 Å². The minimum atomic E-state index is -0.361. The Labute approximate surface area is 158 Å². The molecule has 0 aliphatic heterocycles. The largest absolute Gasteiger partial charge is 0.497 e. The highest BCUT2D eigenvalue weighted by molar-refractivity contribution is 7.14. The van der Waals surface area contributed by atoms with Gasteiger partial charge in [-0.3, -0.25) is 14.9 Å². The Morgan fingerprint density at radius 2 is 1.89 bits per heavy atom. The van der Waals surface area contributed by atoms with E-state index in [9.17, 15) is 9.59 Å². The molecule has 9 nitrogen and oxygen atoms in total. The number of anilines is 2. The summed E-state index contributed by atoms with van der Waals surface area (Å²) in [6.07, 6.45) is 1.41. The van der Waals surface area contributed by atoms with Crippen LogP contribution >= 0.6 is 11.3 Å². The first-order chi connectivity index (χ1) is 13.1. The first-order valence-electron chi connectivity index (χ1n) is 7.76. The lowest BCUT2D eigenvalue weighted by molar-refractivity contribution is -0.115. The van der Waals surface area contributed by atoms with E-state index < -0.39 is 0 Å². The summed E-state index contributed by atoms with van der Waals surface area (Å²) in [5.41, 5.74) is 0.895. The molecule has 2 amide bonds. The third-order valence-corrected chi connectivity index (χ3v) is 4.24. The molecule has 0 unspecified atom stereocenters. The van der Waals surface area contributed by atoms with Gasteiger partial charge in [-0.15, -0.1) is 11.3 Å². The molecule has 0 saturated heterocycles. The Balaban J connectivity index is 1.63. The van der Waals surface area contributed by atoms with E-state index in [1.807, 2.05) is 0 Å². The minimum Gasteiger partial charge on any atom is -0.497 e. The lowest BCUT2D eigenvalue weighted by atomic mass is 10.2. The number of rotatable bonds is 7. The SMILES string of the molecule is COc1cc(OC)cc(C(=O)Nc2nc(CC(=O)Nc3ccon3)cs2)c1. The van der Waals surface area contributed by atoms with Crippen molar-refractivity contribution in [3.63, 3.8) is 0 Å². The molecule has 10 heteroatoms. The van der Waals surface area contributed by atoms with Crippen LogP contribution in [-0.4, -0.2) is 36.2 Å². The van der Waals surface area contributed by atoms with Crippen LogP contribution in [0.15, 0.2) is 40.4 Å². The molecule has 0 radical (unpaired) electrons. The average molecular weight is 388 g/mol. The number of hydrogen-bond acceptors (Lipinski definition) is 8. The molecule has 140 valence electrons. The third kappa shape index (κ3) is 4.82. The first kappa shape index (κ1) is 18.4. The quantitative estimate of drug-likeness (QED) is 0.639. The van der Waals surface area contributed by atoms with Crippen molar-refractivity contribution in [2.24, 2.45) is 0 Å². The number of hydrogen-bond donors (Lipinski definition) is 2. The van der Waals surface area contributed by atoms with Gasteiger partial charge in [-0.1, -0.05) is 5.16 Å². The maximum absolute atomic E-state index is 12.4. The minimum absolute atomic E-state index is 0.0478. The standard InChI is InChI=1S/C17H16N4O5S/c1-24-12-5-10(6-13(8-12)25-2)16(23)20-17-18-11(9-27-17)7-15(22)19-14-3-4-26-21-14/h3-6,8-9H,7H2,1-2H3,(H,18,20,23)(H,19,21,22). The van der Waals surface area contributed by atoms with Crippen molar-refractivity contribution in [2.75, 3.05) is 24.9 Å². The zero-order valence-electron chi connectivity index (χ0n) is 14.5. The molecule has 2 aromatic heterocycles. The first-order valence-corrected chi connectivity index (χ1v) is 8.64. The molecular weight excluding hydrogens is 372 g/mol. The van der Waals surface area contributed by atoms with Gasteiger partial charge in [0, 0.05) is 23.1 Å². The highest BCUT2D eigenvalue weighted by Gasteiger charge is 2.14. The van der Waals surface area contributed by atoms with E-state index in [1.165, 1.54) is 37.9 Å². The van der Waals surface area contributed by atoms with Crippen LogP contribution in [0.2, 0.25) is 0 Å². The predicted octanol–water partition coefficient (Wildman–Crippen LogP) is 2.58. The zero-order chi connectivity index (χ0) is 19.2. The third-order valence-electron chi connectivity index (χ3n) is 3.43. The highest BCUT2D eigenvalue weighted by atomic mass is 32.1. The predicted molar refractivity (Wildman–Crippen MR) is 98.4 cm³/mol. The molecule has 2 N–H and O–H groups in total. The van der Waals surface area contributed by atoms with Crippen molar-refractivity contribution in [1.82, 2.24) is 10.1 Å². The Morgan fingerprint density at radius 3 is 2.52 bits per heavy atom. The van der Waals surface area contributed by atoms with Gasteiger partial charge in [-0.2, -0.15) is 0 Å². The van der Waals surface area contributed by atoms with Gasteiger partial charge in [-0.05, 0) is 12.1 Å². The summed E-state index contributed by atoms with van der Waals surface area (Å²) >= 11 is 1.22. The summed E-state index contributed by atoms with van der Waals surface area (Å²) in [5, 5.41) is 11.0. The van der Waals surface area contributed by atoms with Crippen LogP contribution in [-0.2, 0) is 11.2 Å². The van der Waals surface area contributed by atoms with Crippen molar-refractivity contribution in [3.8, 4) is 11.5 Å². The fourth-order valence-electron chi connectivity index (χ4n) is 2.18. The lowest BCUT2D eigenvalue weighted by Crippen LogP contribution is -2.15. The normalized spacial score (nSPS) is 10.3. The van der Waals surface area contributed by atoms with Gasteiger partial charge in [0.2, 0.25) is 5.91 Å². The van der Waals surface area contributed by atoms with E-state index in [0.29, 0.717) is 33.7 Å². The summed E-state index contributed by atoms with van der Waals surface area (Å²) in [4.78, 5) is 28.6. The van der Waals surface area contributed by atoms with Crippen molar-refractivity contribution < 1.29 is 23.6 Å². The molecule has 0 fully saturated rings. The molecule has 0 aliphatic carbocycles. The van der Waals surface area contributed by atoms with Crippen LogP contribution < -0.4 is 20.1 Å². The molecule has 0 aliphatic rings. The maximum atomic E-state index is 12.4. The van der Waals surface area contributed by atoms with Gasteiger partial charge < -0.3 is 19.3 Å². The number of ether oxygens (including phenoxy) is 2. The Morgan fingerprint density at radius 1 is 1.15 bits per heavy atom. The summed E-state index contributed by atoms with van der Waals surface area (Å²) in [6.45, 7) is 0. The maximum Gasteiger partial charge on any atom is 0.257 e. The number of carbonyl (C=O) groups excluding carboxylic acids is 2. The number of carbonyl (C=O) groups is 2. The number of amides is 2. The topological polar surface area (TPSA) is 116 Å². The molecule has 0 spiro atoms. The van der Waals surface area contributed by atoms with E-state index in [1.54, 1.807) is 23.6 Å². The summed E-state index contributed by atoms with van der Waals surface area (Å²) in [7, 11) is 3.02. The van der Waals surface area contributed by atoms with Crippen LogP contribution in [0.3, 0.4) is 0 Å². The monoisotopic (exact) mass is 388 g/mol. The highest BCUT2D eigenvalue weighted by Crippen LogP contribution is 2.24. The van der Waals surface area contributed by atoms with Gasteiger partial charge >= 0.3 is 0 Å². The smallest absolute Gasteiger partial charge is 0.257 e. The fraction of sp³-hybridized carbons (Fsp3) is 0.176. The second kappa shape index (κ2) is 8.32. The lowest BCUT2D eigenvalue weighted by Gasteiger charge is -2.08. The molecule has 27 heavy (non-hydrogen) atoms. The fourth-order valence-corrected chi connectivity index (χ4v) is 2.89. The van der Waals surface area contributed by atoms with Crippen LogP contribution in [0.25, 0.3) is 0 Å². The van der Waals surface area contributed by atoms with E-state index in [4.69, 9.17) is 9.47 Å². The number of methoxy groups -OCH3 is 2. The number of nitrogens with one attached hydrogen (secondary N) is 2. The van der Waals surface area contributed by atoms with E-state index >= 15 is 0 Å². The Hall–Kier alpha value is -3.40. The van der Waals surface area contributed by atoms with E-state index in [2.05, 4.69) is 25.3 Å². The van der Waals surface area contributed by atoms with Gasteiger partial charge in [0.05, 0.1) is 26.3 Å². The van der Waals surface area contributed by atoms with E-state index in [0.717, 1.165) is 0 Å². The second-order valence-corrected chi connectivity index (χ2v) is 6.17. The average Bonchev–Trinajstić information content (AvgIpc) is 3.33. The van der Waals surface area contributed by atoms with Crippen molar-refractivity contribution in [3.05, 3.63) is 47.2 Å². The van der Waals surface area contributed by atoms with Gasteiger partial charge in [0.25, 0.3) is 5.91 Å². The summed E-state index contributed by atoms with van der Waals surface area (Å²) in [5.74, 6) is 0.688. The Kier molecular flexibility index (Phi) is 5.67. The molecular formula is C17H16N4O5S. The van der Waals surface area contributed by atoms with Crippen LogP contribution in [0.4, 0.5) is 10.9 Å². The van der Waals surface area contributed by atoms with Crippen LogP contribution in [0.5, 0.6) is 11.5 Å². The second-order valence-electron chi connectivity index (χ2n) is 5.31. The van der Waals surface area contributed by atoms with Crippen molar-refractivity contribution in [1.29, 1.82) is 0 Å². The Bertz CT molecular complexity index is 916. The van der Waals surface area contributed by atoms with Crippen molar-refractivity contribution in [2.45, 2.75) is 6.42 Å². The van der Waals surface area contributed by atoms with Gasteiger partial charge in [0.1, 0.15) is 17.8 Å². The number of aromatic nitrogens is 2. The molecule has 3 aromatic rings. The van der Waals surface area contributed by atoms with Gasteiger partial charge in [0.15, 0.2) is 10.9 Å². The summed E-state index contributed by atoms with van der Waals surface area (Å²) in [6, 6.07) is 6.40. The van der Waals surface area contributed by atoms with E-state index in [-0.39, 0.29) is 18.2 Å². The number of thiazole rings is 1.